The molecule has 0 saturated carbocycles. The van der Waals surface area contributed by atoms with Crippen molar-refractivity contribution in [3.05, 3.63) is 24.2 Å². The molecule has 2 heterocycles. The van der Waals surface area contributed by atoms with E-state index in [0.29, 0.717) is 18.3 Å². The van der Waals surface area contributed by atoms with Crippen LogP contribution < -0.4 is 10.0 Å². The smallest absolute Gasteiger partial charge is 0.266 e. The van der Waals surface area contributed by atoms with E-state index in [2.05, 4.69) is 25.1 Å². The molecule has 2 aromatic heterocycles. The fraction of sp³-hybridized carbons (Fsp3) is 0.364. The van der Waals surface area contributed by atoms with Crippen LogP contribution in [0.1, 0.15) is 12.6 Å². The van der Waals surface area contributed by atoms with Crippen molar-refractivity contribution in [1.82, 2.24) is 19.7 Å². The lowest BCUT2D eigenvalue weighted by atomic mass is 10.5. The largest absolute Gasteiger partial charge is 0.355 e. The van der Waals surface area contributed by atoms with Crippen LogP contribution in [0.15, 0.2) is 23.4 Å². The molecule has 0 bridgehead atoms. The lowest BCUT2D eigenvalue weighted by Gasteiger charge is -2.08. The summed E-state index contributed by atoms with van der Waals surface area (Å²) in [4.78, 5) is 7.88. The topological polar surface area (TPSA) is 102 Å². The highest BCUT2D eigenvalue weighted by molar-refractivity contribution is 7.92. The molecule has 0 atom stereocenters. The minimum absolute atomic E-state index is 0.00185. The van der Waals surface area contributed by atoms with E-state index < -0.39 is 10.0 Å². The Balaban J connectivity index is 2.24. The van der Waals surface area contributed by atoms with Crippen LogP contribution in [0.2, 0.25) is 0 Å². The standard InChI is InChI=1S/C11H16N6O2S/c1-4-12-11-13-6-9(7-14-11)20(18,19)16-10-5-8(2)15-17(10)3/h5-7,16H,4H2,1-3H3,(H,12,13,14). The van der Waals surface area contributed by atoms with Gasteiger partial charge >= 0.3 is 0 Å². The van der Waals surface area contributed by atoms with Crippen molar-refractivity contribution in [2.24, 2.45) is 7.05 Å². The molecule has 0 amide bonds. The van der Waals surface area contributed by atoms with E-state index in [0.717, 1.165) is 5.69 Å². The Labute approximate surface area is 117 Å². The van der Waals surface area contributed by atoms with Gasteiger partial charge in [-0.1, -0.05) is 0 Å². The lowest BCUT2D eigenvalue weighted by molar-refractivity contribution is 0.599. The van der Waals surface area contributed by atoms with Crippen LogP contribution in [0.25, 0.3) is 0 Å². The molecule has 0 spiro atoms. The van der Waals surface area contributed by atoms with Crippen molar-refractivity contribution in [1.29, 1.82) is 0 Å². The van der Waals surface area contributed by atoms with Crippen molar-refractivity contribution in [2.45, 2.75) is 18.7 Å². The zero-order valence-electron chi connectivity index (χ0n) is 11.5. The van der Waals surface area contributed by atoms with Gasteiger partial charge in [-0.3, -0.25) is 9.40 Å². The quantitative estimate of drug-likeness (QED) is 0.844. The van der Waals surface area contributed by atoms with Gasteiger partial charge in [0.05, 0.1) is 18.1 Å². The van der Waals surface area contributed by atoms with Gasteiger partial charge in [-0.2, -0.15) is 5.10 Å². The number of aryl methyl sites for hydroxylation is 2. The van der Waals surface area contributed by atoms with Crippen molar-refractivity contribution >= 4 is 21.8 Å². The molecule has 0 saturated heterocycles. The molecule has 0 aromatic carbocycles. The first-order valence-electron chi connectivity index (χ1n) is 6.01. The van der Waals surface area contributed by atoms with Crippen LogP contribution in [0.5, 0.6) is 0 Å². The summed E-state index contributed by atoms with van der Waals surface area (Å²) in [5, 5.41) is 6.97. The summed E-state index contributed by atoms with van der Waals surface area (Å²) in [6, 6.07) is 1.64. The number of anilines is 2. The van der Waals surface area contributed by atoms with Gasteiger partial charge in [0.1, 0.15) is 10.7 Å². The molecule has 2 rings (SSSR count). The number of aromatic nitrogens is 4. The van der Waals surface area contributed by atoms with Gasteiger partial charge < -0.3 is 5.32 Å². The van der Waals surface area contributed by atoms with Crippen LogP contribution in [-0.2, 0) is 17.1 Å². The molecule has 20 heavy (non-hydrogen) atoms. The number of nitrogens with zero attached hydrogens (tertiary/aromatic N) is 4. The summed E-state index contributed by atoms with van der Waals surface area (Å²) in [6.07, 6.45) is 2.52. The molecule has 0 aliphatic heterocycles. The van der Waals surface area contributed by atoms with E-state index in [1.165, 1.54) is 17.1 Å². The van der Waals surface area contributed by atoms with Gasteiger partial charge in [0, 0.05) is 19.7 Å². The average Bonchev–Trinajstić information content (AvgIpc) is 2.68. The van der Waals surface area contributed by atoms with Crippen molar-refractivity contribution in [3.63, 3.8) is 0 Å². The highest BCUT2D eigenvalue weighted by atomic mass is 32.2. The van der Waals surface area contributed by atoms with Crippen molar-refractivity contribution < 1.29 is 8.42 Å². The second-order valence-electron chi connectivity index (χ2n) is 4.17. The van der Waals surface area contributed by atoms with Crippen molar-refractivity contribution in [3.8, 4) is 0 Å². The Morgan fingerprint density at radius 2 is 1.95 bits per heavy atom. The number of rotatable bonds is 5. The fourth-order valence-electron chi connectivity index (χ4n) is 1.61. The third kappa shape index (κ3) is 3.05. The molecule has 0 aliphatic carbocycles. The first-order chi connectivity index (χ1) is 9.42. The Morgan fingerprint density at radius 1 is 1.30 bits per heavy atom. The summed E-state index contributed by atoms with van der Waals surface area (Å²) < 4.78 is 28.3. The molecule has 2 aromatic rings. The van der Waals surface area contributed by atoms with Gasteiger partial charge in [0.15, 0.2) is 0 Å². The lowest BCUT2D eigenvalue weighted by Crippen LogP contribution is -2.16. The SMILES string of the molecule is CCNc1ncc(S(=O)(=O)Nc2cc(C)nn2C)cn1. The molecular formula is C11H16N6O2S. The molecule has 8 nitrogen and oxygen atoms in total. The van der Waals surface area contributed by atoms with Crippen LogP contribution in [0.4, 0.5) is 11.8 Å². The zero-order chi connectivity index (χ0) is 14.8. The molecule has 9 heteroatoms. The second kappa shape index (κ2) is 5.45. The van der Waals surface area contributed by atoms with Gasteiger partial charge in [0.2, 0.25) is 5.95 Å². The fourth-order valence-corrected chi connectivity index (χ4v) is 2.57. The molecule has 108 valence electrons. The van der Waals surface area contributed by atoms with E-state index >= 15 is 0 Å². The maximum absolute atomic E-state index is 12.2. The highest BCUT2D eigenvalue weighted by Crippen LogP contribution is 2.15. The molecule has 0 radical (unpaired) electrons. The minimum atomic E-state index is -3.72. The first kappa shape index (κ1) is 14.3. The maximum Gasteiger partial charge on any atom is 0.266 e. The highest BCUT2D eigenvalue weighted by Gasteiger charge is 2.17. The Hall–Kier alpha value is -2.16. The molecule has 0 unspecified atom stereocenters. The Kier molecular flexibility index (Phi) is 3.89. The van der Waals surface area contributed by atoms with Gasteiger partial charge in [-0.15, -0.1) is 0 Å². The maximum atomic E-state index is 12.2. The number of sulfonamides is 1. The van der Waals surface area contributed by atoms with E-state index in [4.69, 9.17) is 0 Å². The summed E-state index contributed by atoms with van der Waals surface area (Å²) in [5.74, 6) is 0.779. The second-order valence-corrected chi connectivity index (χ2v) is 5.86. The number of nitrogens with one attached hydrogen (secondary N) is 2. The van der Waals surface area contributed by atoms with Gasteiger partial charge in [-0.25, -0.2) is 18.4 Å². The summed E-state index contributed by atoms with van der Waals surface area (Å²) >= 11 is 0. The van der Waals surface area contributed by atoms with Crippen LogP contribution in [-0.4, -0.2) is 34.7 Å². The first-order valence-corrected chi connectivity index (χ1v) is 7.50. The zero-order valence-corrected chi connectivity index (χ0v) is 12.3. The Bertz CT molecular complexity index is 692. The van der Waals surface area contributed by atoms with E-state index in [9.17, 15) is 8.42 Å². The minimum Gasteiger partial charge on any atom is -0.355 e. The molecular weight excluding hydrogens is 280 g/mol. The number of hydrogen-bond acceptors (Lipinski definition) is 6. The van der Waals surface area contributed by atoms with Crippen LogP contribution in [0, 0.1) is 6.92 Å². The predicted octanol–water partition coefficient (Wildman–Crippen LogP) is 0.751. The monoisotopic (exact) mass is 296 g/mol. The normalized spacial score (nSPS) is 11.3. The van der Waals surface area contributed by atoms with Gasteiger partial charge in [-0.05, 0) is 13.8 Å². The third-order valence-corrected chi connectivity index (χ3v) is 3.82. The number of hydrogen-bond donors (Lipinski definition) is 2. The summed E-state index contributed by atoms with van der Waals surface area (Å²) in [5.41, 5.74) is 0.726. The van der Waals surface area contributed by atoms with Crippen molar-refractivity contribution in [2.75, 3.05) is 16.6 Å². The van der Waals surface area contributed by atoms with Crippen LogP contribution in [0.3, 0.4) is 0 Å². The molecule has 0 aliphatic rings. The average molecular weight is 296 g/mol. The molecule has 0 fully saturated rings. The predicted molar refractivity (Wildman–Crippen MR) is 74.9 cm³/mol. The van der Waals surface area contributed by atoms with E-state index in [-0.39, 0.29) is 4.90 Å². The van der Waals surface area contributed by atoms with Crippen LogP contribution >= 0.6 is 0 Å². The third-order valence-electron chi connectivity index (χ3n) is 2.51. The van der Waals surface area contributed by atoms with Gasteiger partial charge in [0.25, 0.3) is 10.0 Å². The molecule has 2 N–H and O–H groups in total. The van der Waals surface area contributed by atoms with E-state index in [1.807, 2.05) is 6.92 Å². The summed E-state index contributed by atoms with van der Waals surface area (Å²) in [6.45, 7) is 4.35. The van der Waals surface area contributed by atoms with E-state index in [1.54, 1.807) is 20.0 Å². The summed E-state index contributed by atoms with van der Waals surface area (Å²) in [7, 11) is -2.06. The Morgan fingerprint density at radius 3 is 2.45 bits per heavy atom.